The Bertz CT molecular complexity index is 977. The zero-order valence-electron chi connectivity index (χ0n) is 18.7. The van der Waals surface area contributed by atoms with Gasteiger partial charge in [0.2, 0.25) is 0 Å². The van der Waals surface area contributed by atoms with Gasteiger partial charge in [0.15, 0.2) is 6.61 Å². The third-order valence-electron chi connectivity index (χ3n) is 4.47. The standard InChI is InChI=1S/C24H28N2O6/c1-5-31-23(30)18-8-6-7-9-19(18)26-20(27)15-32-21(28)14-25-22(29)16-10-12-17(13-11-16)24(2,3)4/h6-13H,5,14-15H2,1-4H3,(H,25,29)(H,26,27). The first-order valence-electron chi connectivity index (χ1n) is 10.2. The lowest BCUT2D eigenvalue weighted by Gasteiger charge is -2.19. The second-order valence-corrected chi connectivity index (χ2v) is 7.98. The smallest absolute Gasteiger partial charge is 0.340 e. The van der Waals surface area contributed by atoms with Gasteiger partial charge in [-0.05, 0) is 42.2 Å². The van der Waals surface area contributed by atoms with Crippen LogP contribution in [0.1, 0.15) is 54.0 Å². The van der Waals surface area contributed by atoms with Crippen LogP contribution in [0.2, 0.25) is 0 Å². The average Bonchev–Trinajstić information content (AvgIpc) is 2.76. The third kappa shape index (κ3) is 7.23. The highest BCUT2D eigenvalue weighted by molar-refractivity contribution is 6.02. The van der Waals surface area contributed by atoms with Crippen LogP contribution < -0.4 is 10.6 Å². The van der Waals surface area contributed by atoms with E-state index < -0.39 is 30.4 Å². The maximum Gasteiger partial charge on any atom is 0.340 e. The molecule has 2 amide bonds. The Morgan fingerprint density at radius 1 is 0.906 bits per heavy atom. The van der Waals surface area contributed by atoms with Crippen LogP contribution in [0.3, 0.4) is 0 Å². The van der Waals surface area contributed by atoms with Gasteiger partial charge in [0.05, 0.1) is 17.9 Å². The molecular weight excluding hydrogens is 412 g/mol. The Morgan fingerprint density at radius 3 is 2.19 bits per heavy atom. The Hall–Kier alpha value is -3.68. The van der Waals surface area contributed by atoms with Crippen molar-refractivity contribution in [2.45, 2.75) is 33.1 Å². The predicted molar refractivity (Wildman–Crippen MR) is 119 cm³/mol. The minimum absolute atomic E-state index is 0.0315. The molecular formula is C24H28N2O6. The molecule has 8 heteroatoms. The molecule has 2 N–H and O–H groups in total. The van der Waals surface area contributed by atoms with Crippen molar-refractivity contribution in [1.82, 2.24) is 5.32 Å². The molecule has 0 bridgehead atoms. The summed E-state index contributed by atoms with van der Waals surface area (Å²) in [5.74, 6) is -2.38. The molecule has 8 nitrogen and oxygen atoms in total. The van der Waals surface area contributed by atoms with Gasteiger partial charge < -0.3 is 20.1 Å². The molecule has 0 heterocycles. The number of ether oxygens (including phenoxy) is 2. The molecule has 0 aromatic heterocycles. The molecule has 0 aliphatic rings. The number of nitrogens with one attached hydrogen (secondary N) is 2. The van der Waals surface area contributed by atoms with Crippen LogP contribution in [-0.4, -0.2) is 43.5 Å². The number of anilines is 1. The van der Waals surface area contributed by atoms with Gasteiger partial charge in [-0.2, -0.15) is 0 Å². The van der Waals surface area contributed by atoms with Crippen LogP contribution >= 0.6 is 0 Å². The molecule has 0 saturated heterocycles. The fourth-order valence-electron chi connectivity index (χ4n) is 2.74. The second-order valence-electron chi connectivity index (χ2n) is 7.98. The fourth-order valence-corrected chi connectivity index (χ4v) is 2.74. The van der Waals surface area contributed by atoms with E-state index in [-0.39, 0.29) is 29.8 Å². The zero-order valence-corrected chi connectivity index (χ0v) is 18.7. The maximum absolute atomic E-state index is 12.2. The topological polar surface area (TPSA) is 111 Å². The first-order chi connectivity index (χ1) is 15.1. The highest BCUT2D eigenvalue weighted by Gasteiger charge is 2.17. The van der Waals surface area contributed by atoms with E-state index in [1.54, 1.807) is 31.2 Å². The molecule has 0 aliphatic heterocycles. The monoisotopic (exact) mass is 440 g/mol. The number of hydrogen-bond donors (Lipinski definition) is 2. The minimum atomic E-state index is -0.765. The summed E-state index contributed by atoms with van der Waals surface area (Å²) in [4.78, 5) is 48.1. The summed E-state index contributed by atoms with van der Waals surface area (Å²) in [6.45, 7) is 7.15. The normalized spacial score (nSPS) is 10.8. The summed E-state index contributed by atoms with van der Waals surface area (Å²) in [6, 6.07) is 13.5. The summed E-state index contributed by atoms with van der Waals surface area (Å²) in [5.41, 5.74) is 1.91. The number of carbonyl (C=O) groups is 4. The largest absolute Gasteiger partial charge is 0.462 e. The third-order valence-corrected chi connectivity index (χ3v) is 4.47. The van der Waals surface area contributed by atoms with Crippen LogP contribution in [0.25, 0.3) is 0 Å². The number of para-hydroxylation sites is 1. The van der Waals surface area contributed by atoms with E-state index in [0.717, 1.165) is 5.56 Å². The van der Waals surface area contributed by atoms with E-state index in [0.29, 0.717) is 5.56 Å². The number of esters is 2. The van der Waals surface area contributed by atoms with Crippen molar-refractivity contribution in [3.05, 3.63) is 65.2 Å². The summed E-state index contributed by atoms with van der Waals surface area (Å²) < 4.78 is 9.84. The molecule has 32 heavy (non-hydrogen) atoms. The van der Waals surface area contributed by atoms with Crippen LogP contribution in [0.15, 0.2) is 48.5 Å². The zero-order chi connectivity index (χ0) is 23.7. The molecule has 2 aromatic carbocycles. The van der Waals surface area contributed by atoms with Crippen molar-refractivity contribution in [1.29, 1.82) is 0 Å². The van der Waals surface area contributed by atoms with Gasteiger partial charge in [0.25, 0.3) is 11.8 Å². The quantitative estimate of drug-likeness (QED) is 0.611. The number of hydrogen-bond acceptors (Lipinski definition) is 6. The van der Waals surface area contributed by atoms with Crippen molar-refractivity contribution in [3.8, 4) is 0 Å². The van der Waals surface area contributed by atoms with E-state index >= 15 is 0 Å². The molecule has 0 unspecified atom stereocenters. The van der Waals surface area contributed by atoms with Crippen LogP contribution in [-0.2, 0) is 24.5 Å². The van der Waals surface area contributed by atoms with Crippen molar-refractivity contribution in [2.75, 3.05) is 25.1 Å². The SMILES string of the molecule is CCOC(=O)c1ccccc1NC(=O)COC(=O)CNC(=O)c1ccc(C(C)(C)C)cc1. The van der Waals surface area contributed by atoms with Crippen molar-refractivity contribution in [2.24, 2.45) is 0 Å². The fraction of sp³-hybridized carbons (Fsp3) is 0.333. The summed E-state index contributed by atoms with van der Waals surface area (Å²) in [7, 11) is 0. The van der Waals surface area contributed by atoms with Crippen molar-refractivity contribution in [3.63, 3.8) is 0 Å². The van der Waals surface area contributed by atoms with Gasteiger partial charge in [0.1, 0.15) is 6.54 Å². The average molecular weight is 440 g/mol. The van der Waals surface area contributed by atoms with Gasteiger partial charge in [-0.1, -0.05) is 45.0 Å². The number of benzene rings is 2. The summed E-state index contributed by atoms with van der Waals surface area (Å²) in [6.07, 6.45) is 0. The van der Waals surface area contributed by atoms with Crippen LogP contribution in [0, 0.1) is 0 Å². The molecule has 170 valence electrons. The second kappa shape index (κ2) is 11.1. The first kappa shape index (κ1) is 24.6. The predicted octanol–water partition coefficient (Wildman–Crippen LogP) is 3.07. The number of amides is 2. The van der Waals surface area contributed by atoms with Crippen molar-refractivity contribution < 1.29 is 28.7 Å². The lowest BCUT2D eigenvalue weighted by molar-refractivity contribution is -0.146. The van der Waals surface area contributed by atoms with E-state index in [2.05, 4.69) is 31.4 Å². The van der Waals surface area contributed by atoms with Gasteiger partial charge in [0, 0.05) is 5.56 Å². The molecule has 2 aromatic rings. The molecule has 0 fully saturated rings. The van der Waals surface area contributed by atoms with Gasteiger partial charge in [-0.25, -0.2) is 4.79 Å². The Morgan fingerprint density at radius 2 is 1.56 bits per heavy atom. The minimum Gasteiger partial charge on any atom is -0.462 e. The Labute approximate surface area is 187 Å². The molecule has 2 rings (SSSR count). The van der Waals surface area contributed by atoms with E-state index in [1.807, 2.05) is 12.1 Å². The van der Waals surface area contributed by atoms with Crippen molar-refractivity contribution >= 4 is 29.4 Å². The van der Waals surface area contributed by atoms with Crippen LogP contribution in [0.4, 0.5) is 5.69 Å². The van der Waals surface area contributed by atoms with E-state index in [4.69, 9.17) is 9.47 Å². The van der Waals surface area contributed by atoms with E-state index in [9.17, 15) is 19.2 Å². The van der Waals surface area contributed by atoms with Crippen LogP contribution in [0.5, 0.6) is 0 Å². The summed E-state index contributed by atoms with van der Waals surface area (Å²) >= 11 is 0. The highest BCUT2D eigenvalue weighted by Crippen LogP contribution is 2.22. The van der Waals surface area contributed by atoms with Gasteiger partial charge in [-0.3, -0.25) is 14.4 Å². The number of carbonyl (C=O) groups excluding carboxylic acids is 4. The first-order valence-corrected chi connectivity index (χ1v) is 10.2. The molecule has 0 aliphatic carbocycles. The molecule has 0 spiro atoms. The Balaban J connectivity index is 1.81. The maximum atomic E-state index is 12.2. The molecule has 0 saturated carbocycles. The molecule has 0 radical (unpaired) electrons. The number of rotatable bonds is 8. The summed E-state index contributed by atoms with van der Waals surface area (Å²) in [5, 5.41) is 4.97. The van der Waals surface area contributed by atoms with E-state index in [1.165, 1.54) is 12.1 Å². The Kier molecular flexibility index (Phi) is 8.52. The lowest BCUT2D eigenvalue weighted by Crippen LogP contribution is -2.32. The highest BCUT2D eigenvalue weighted by atomic mass is 16.5. The van der Waals surface area contributed by atoms with Gasteiger partial charge in [-0.15, -0.1) is 0 Å². The van der Waals surface area contributed by atoms with Gasteiger partial charge >= 0.3 is 11.9 Å². The molecule has 0 atom stereocenters. The lowest BCUT2D eigenvalue weighted by atomic mass is 9.87.